The maximum Gasteiger partial charge on any atom is 0.228 e. The lowest BCUT2D eigenvalue weighted by molar-refractivity contribution is -0.118. The van der Waals surface area contributed by atoms with Gasteiger partial charge in [0.05, 0.1) is 33.1 Å². The minimum Gasteiger partial charge on any atom is -0.286 e. The van der Waals surface area contributed by atoms with Crippen LogP contribution in [0.15, 0.2) is 53.4 Å². The number of thiazole rings is 1. The van der Waals surface area contributed by atoms with Crippen LogP contribution in [0, 0.1) is 20.8 Å². The number of hydrogen-bond acceptors (Lipinski definition) is 6. The fraction of sp³-hybridized carbons (Fsp3) is 0.393. The first-order valence-corrected chi connectivity index (χ1v) is 15.0. The van der Waals surface area contributed by atoms with Gasteiger partial charge in [-0.05, 0) is 62.9 Å². The number of fused-ring (bicyclic) bond motifs is 1. The highest BCUT2D eigenvalue weighted by Gasteiger charge is 2.23. The molecule has 37 heavy (non-hydrogen) atoms. The van der Waals surface area contributed by atoms with Crippen molar-refractivity contribution in [2.45, 2.75) is 64.8 Å². The molecule has 0 aliphatic rings. The molecule has 0 radical (unpaired) electrons. The lowest BCUT2D eigenvalue weighted by Crippen LogP contribution is -2.34. The Labute approximate surface area is 223 Å². The number of rotatable bonds is 10. The lowest BCUT2D eigenvalue weighted by atomic mass is 10.0. The molecular formula is C28H34N4O3S2. The van der Waals surface area contributed by atoms with Gasteiger partial charge in [-0.1, -0.05) is 55.0 Å². The Balaban J connectivity index is 1.55. The fourth-order valence-electron chi connectivity index (χ4n) is 4.37. The Morgan fingerprint density at radius 2 is 1.81 bits per heavy atom. The summed E-state index contributed by atoms with van der Waals surface area (Å²) in [5.41, 5.74) is 5.03. The van der Waals surface area contributed by atoms with Gasteiger partial charge in [0, 0.05) is 18.7 Å². The van der Waals surface area contributed by atoms with Crippen LogP contribution in [0.25, 0.3) is 10.2 Å². The molecule has 9 heteroatoms. The number of amides is 1. The highest BCUT2D eigenvalue weighted by molar-refractivity contribution is 7.91. The molecule has 0 atom stereocenters. The number of carbonyl (C=O) groups is 1. The molecule has 0 aliphatic carbocycles. The van der Waals surface area contributed by atoms with Crippen molar-refractivity contribution in [2.75, 3.05) is 17.2 Å². The second kappa shape index (κ2) is 11.1. The van der Waals surface area contributed by atoms with Crippen LogP contribution in [0.5, 0.6) is 0 Å². The average molecular weight is 539 g/mol. The number of carbonyl (C=O) groups excluding carboxylic acids is 1. The van der Waals surface area contributed by atoms with E-state index in [1.54, 1.807) is 29.2 Å². The Morgan fingerprint density at radius 1 is 1.08 bits per heavy atom. The number of aryl methyl sites for hydroxylation is 3. The molecule has 0 spiro atoms. The Bertz CT molecular complexity index is 1500. The molecule has 1 amide bonds. The summed E-state index contributed by atoms with van der Waals surface area (Å²) < 4.78 is 28.5. The van der Waals surface area contributed by atoms with Gasteiger partial charge in [-0.25, -0.2) is 13.4 Å². The standard InChI is InChI=1S/C28H34N4O3S2/c1-19(2)24-8-6-9-25-27(24)29-28(36-25)31(15-16-32-22(5)18-21(4)30-32)26(33)10-7-17-37(34,35)23-13-11-20(3)12-14-23/h6,8-9,11-14,18-19H,7,10,15-17H2,1-5H3. The first-order chi connectivity index (χ1) is 17.5. The molecule has 4 aromatic rings. The number of nitrogens with zero attached hydrogens (tertiary/aromatic N) is 4. The first-order valence-electron chi connectivity index (χ1n) is 12.6. The van der Waals surface area contributed by atoms with Gasteiger partial charge >= 0.3 is 0 Å². The van der Waals surface area contributed by atoms with Gasteiger partial charge in [0.2, 0.25) is 5.91 Å². The van der Waals surface area contributed by atoms with E-state index >= 15 is 0 Å². The van der Waals surface area contributed by atoms with E-state index in [0.717, 1.165) is 32.7 Å². The number of anilines is 1. The molecule has 7 nitrogen and oxygen atoms in total. The maximum atomic E-state index is 13.5. The molecule has 0 bridgehead atoms. The SMILES string of the molecule is Cc1ccc(S(=O)(=O)CCCC(=O)N(CCn2nc(C)cc2C)c2nc3c(C(C)C)cccc3s2)cc1. The van der Waals surface area contributed by atoms with Gasteiger partial charge in [0.1, 0.15) is 0 Å². The second-order valence-corrected chi connectivity index (χ2v) is 12.9. The van der Waals surface area contributed by atoms with Crippen LogP contribution >= 0.6 is 11.3 Å². The van der Waals surface area contributed by atoms with Gasteiger partial charge in [-0.2, -0.15) is 5.10 Å². The van der Waals surface area contributed by atoms with E-state index in [1.165, 1.54) is 11.3 Å². The molecule has 196 valence electrons. The van der Waals surface area contributed by atoms with E-state index < -0.39 is 9.84 Å². The zero-order valence-corrected chi connectivity index (χ0v) is 23.7. The van der Waals surface area contributed by atoms with Crippen LogP contribution in [0.3, 0.4) is 0 Å². The topological polar surface area (TPSA) is 85.2 Å². The molecule has 2 heterocycles. The number of sulfone groups is 1. The minimum absolute atomic E-state index is 0.0789. The zero-order valence-electron chi connectivity index (χ0n) is 22.1. The van der Waals surface area contributed by atoms with Gasteiger partial charge in [-0.15, -0.1) is 0 Å². The molecule has 0 saturated carbocycles. The van der Waals surface area contributed by atoms with E-state index in [2.05, 4.69) is 25.0 Å². The van der Waals surface area contributed by atoms with Gasteiger partial charge in [0.25, 0.3) is 0 Å². The number of hydrogen-bond donors (Lipinski definition) is 0. The molecular weight excluding hydrogens is 504 g/mol. The average Bonchev–Trinajstić information content (AvgIpc) is 3.41. The maximum absolute atomic E-state index is 13.5. The lowest BCUT2D eigenvalue weighted by Gasteiger charge is -2.20. The Kier molecular flexibility index (Phi) is 8.14. The summed E-state index contributed by atoms with van der Waals surface area (Å²) in [7, 11) is -3.45. The molecule has 0 N–H and O–H groups in total. The van der Waals surface area contributed by atoms with E-state index in [9.17, 15) is 13.2 Å². The van der Waals surface area contributed by atoms with Gasteiger partial charge in [-0.3, -0.25) is 14.4 Å². The van der Waals surface area contributed by atoms with Crippen molar-refractivity contribution >= 4 is 42.4 Å². The molecule has 4 rings (SSSR count). The minimum atomic E-state index is -3.45. The van der Waals surface area contributed by atoms with Gasteiger partial charge < -0.3 is 0 Å². The molecule has 0 fully saturated rings. The summed E-state index contributed by atoms with van der Waals surface area (Å²) >= 11 is 1.49. The molecule has 2 aromatic heterocycles. The van der Waals surface area contributed by atoms with E-state index in [0.29, 0.717) is 29.0 Å². The van der Waals surface area contributed by atoms with Gasteiger partial charge in [0.15, 0.2) is 15.0 Å². The van der Waals surface area contributed by atoms with Crippen LogP contribution in [-0.2, 0) is 21.2 Å². The van der Waals surface area contributed by atoms with Crippen molar-refractivity contribution in [3.8, 4) is 0 Å². The Hall–Kier alpha value is -3.04. The summed E-state index contributed by atoms with van der Waals surface area (Å²) in [5.74, 6) is 0.0973. The quantitative estimate of drug-likeness (QED) is 0.254. The molecule has 0 unspecified atom stereocenters. The largest absolute Gasteiger partial charge is 0.286 e. The van der Waals surface area contributed by atoms with Crippen LogP contribution in [0.1, 0.15) is 55.1 Å². The third kappa shape index (κ3) is 6.27. The second-order valence-electron chi connectivity index (χ2n) is 9.78. The Morgan fingerprint density at radius 3 is 2.46 bits per heavy atom. The summed E-state index contributed by atoms with van der Waals surface area (Å²) in [5, 5.41) is 5.17. The first kappa shape index (κ1) is 27.0. The number of benzene rings is 2. The molecule has 0 aliphatic heterocycles. The van der Waals surface area contributed by atoms with E-state index in [1.807, 2.05) is 43.7 Å². The zero-order chi connectivity index (χ0) is 26.7. The van der Waals surface area contributed by atoms with Crippen molar-refractivity contribution < 1.29 is 13.2 Å². The molecule has 0 saturated heterocycles. The fourth-order valence-corrected chi connectivity index (χ4v) is 6.73. The summed E-state index contributed by atoms with van der Waals surface area (Å²) in [4.78, 5) is 20.4. The smallest absolute Gasteiger partial charge is 0.228 e. The predicted octanol–water partition coefficient (Wildman–Crippen LogP) is 5.83. The summed E-state index contributed by atoms with van der Waals surface area (Å²) in [6.45, 7) is 11.1. The third-order valence-electron chi connectivity index (χ3n) is 6.42. The number of aromatic nitrogens is 3. The van der Waals surface area contributed by atoms with Crippen molar-refractivity contribution in [3.05, 3.63) is 71.0 Å². The van der Waals surface area contributed by atoms with Crippen molar-refractivity contribution in [3.63, 3.8) is 0 Å². The highest BCUT2D eigenvalue weighted by Crippen LogP contribution is 2.34. The number of para-hydroxylation sites is 1. The van der Waals surface area contributed by atoms with Crippen LogP contribution in [0.2, 0.25) is 0 Å². The van der Waals surface area contributed by atoms with E-state index in [4.69, 9.17) is 4.98 Å². The van der Waals surface area contributed by atoms with Crippen LogP contribution in [0.4, 0.5) is 5.13 Å². The van der Waals surface area contributed by atoms with Crippen molar-refractivity contribution in [1.29, 1.82) is 0 Å². The van der Waals surface area contributed by atoms with Crippen LogP contribution in [-0.4, -0.2) is 41.4 Å². The molecule has 2 aromatic carbocycles. The third-order valence-corrected chi connectivity index (χ3v) is 9.28. The predicted molar refractivity (Wildman–Crippen MR) is 150 cm³/mol. The normalized spacial score (nSPS) is 11.9. The monoisotopic (exact) mass is 538 g/mol. The summed E-state index contributed by atoms with van der Waals surface area (Å²) in [6, 6.07) is 15.0. The van der Waals surface area contributed by atoms with Crippen molar-refractivity contribution in [2.24, 2.45) is 0 Å². The van der Waals surface area contributed by atoms with Crippen molar-refractivity contribution in [1.82, 2.24) is 14.8 Å². The van der Waals surface area contributed by atoms with E-state index in [-0.39, 0.29) is 24.5 Å². The summed E-state index contributed by atoms with van der Waals surface area (Å²) in [6.07, 6.45) is 0.364. The highest BCUT2D eigenvalue weighted by atomic mass is 32.2. The van der Waals surface area contributed by atoms with Crippen LogP contribution < -0.4 is 4.90 Å².